The van der Waals surface area contributed by atoms with Crippen LogP contribution < -0.4 is 10.6 Å². The van der Waals surface area contributed by atoms with E-state index in [0.29, 0.717) is 37.5 Å². The zero-order valence-electron chi connectivity index (χ0n) is 22.0. The number of amides is 2. The van der Waals surface area contributed by atoms with Crippen molar-refractivity contribution >= 4 is 57.5 Å². The van der Waals surface area contributed by atoms with Gasteiger partial charge in [0.25, 0.3) is 5.91 Å². The minimum absolute atomic E-state index is 0.119. The number of nitrogens with one attached hydrogen (secondary N) is 2. The SMILES string of the molecule is Cc1cccc(C(=O)Nc2ccc(-c3nnc(SCC(=O)Nc4nnc(SCc5ccc(F)cc5)s4)n3C)cc2)c1. The van der Waals surface area contributed by atoms with Gasteiger partial charge in [0.15, 0.2) is 15.3 Å². The molecule has 5 rings (SSSR count). The summed E-state index contributed by atoms with van der Waals surface area (Å²) in [5.74, 6) is 0.692. The number of benzene rings is 3. The van der Waals surface area contributed by atoms with E-state index in [2.05, 4.69) is 31.0 Å². The average Bonchev–Trinajstić information content (AvgIpc) is 3.57. The van der Waals surface area contributed by atoms with Gasteiger partial charge in [0.2, 0.25) is 11.0 Å². The van der Waals surface area contributed by atoms with Crippen molar-refractivity contribution in [1.82, 2.24) is 25.0 Å². The van der Waals surface area contributed by atoms with E-state index < -0.39 is 0 Å². The number of hydrogen-bond donors (Lipinski definition) is 2. The van der Waals surface area contributed by atoms with Gasteiger partial charge in [-0.05, 0) is 61.0 Å². The highest BCUT2D eigenvalue weighted by Gasteiger charge is 2.15. The maximum absolute atomic E-state index is 13.1. The molecule has 2 heterocycles. The molecule has 0 unspecified atom stereocenters. The molecule has 0 saturated heterocycles. The van der Waals surface area contributed by atoms with Crippen LogP contribution in [-0.2, 0) is 17.6 Å². The highest BCUT2D eigenvalue weighted by molar-refractivity contribution is 8.00. The fraction of sp³-hybridized carbons (Fsp3) is 0.143. The second-order valence-electron chi connectivity index (χ2n) is 8.89. The number of rotatable bonds is 10. The molecule has 2 amide bonds. The first-order valence-corrected chi connectivity index (χ1v) is 15.1. The number of halogens is 1. The molecule has 0 fully saturated rings. The van der Waals surface area contributed by atoms with Crippen LogP contribution in [0.5, 0.6) is 0 Å². The molecule has 0 aliphatic rings. The molecule has 13 heteroatoms. The summed E-state index contributed by atoms with van der Waals surface area (Å²) in [5, 5.41) is 23.3. The zero-order chi connectivity index (χ0) is 28.8. The lowest BCUT2D eigenvalue weighted by Gasteiger charge is -2.08. The molecule has 0 aliphatic carbocycles. The number of carbonyl (C=O) groups is 2. The molecule has 2 N–H and O–H groups in total. The molecule has 5 aromatic rings. The summed E-state index contributed by atoms with van der Waals surface area (Å²) in [6, 6.07) is 21.0. The predicted octanol–water partition coefficient (Wildman–Crippen LogP) is 6.06. The Kier molecular flexibility index (Phi) is 9.07. The van der Waals surface area contributed by atoms with Crippen molar-refractivity contribution in [3.05, 3.63) is 95.3 Å². The van der Waals surface area contributed by atoms with Gasteiger partial charge in [-0.25, -0.2) is 4.39 Å². The average molecular weight is 606 g/mol. The summed E-state index contributed by atoms with van der Waals surface area (Å²) in [6.45, 7) is 1.94. The van der Waals surface area contributed by atoms with Crippen LogP contribution in [0.2, 0.25) is 0 Å². The van der Waals surface area contributed by atoms with Gasteiger partial charge in [-0.15, -0.1) is 20.4 Å². The monoisotopic (exact) mass is 605 g/mol. The van der Waals surface area contributed by atoms with Crippen LogP contribution in [0.25, 0.3) is 11.4 Å². The Morgan fingerprint density at radius 3 is 2.46 bits per heavy atom. The highest BCUT2D eigenvalue weighted by atomic mass is 32.2. The van der Waals surface area contributed by atoms with E-state index in [4.69, 9.17) is 0 Å². The molecule has 2 aromatic heterocycles. The number of carbonyl (C=O) groups excluding carboxylic acids is 2. The van der Waals surface area contributed by atoms with Crippen LogP contribution in [0, 0.1) is 12.7 Å². The molecule has 3 aromatic carbocycles. The zero-order valence-corrected chi connectivity index (χ0v) is 24.4. The number of anilines is 2. The molecule has 41 heavy (non-hydrogen) atoms. The van der Waals surface area contributed by atoms with Crippen molar-refractivity contribution in [3.63, 3.8) is 0 Å². The Morgan fingerprint density at radius 2 is 1.71 bits per heavy atom. The van der Waals surface area contributed by atoms with E-state index >= 15 is 0 Å². The number of aromatic nitrogens is 5. The number of thioether (sulfide) groups is 2. The van der Waals surface area contributed by atoms with Gasteiger partial charge in [-0.1, -0.05) is 64.7 Å². The quantitative estimate of drug-likeness (QED) is 0.146. The topological polar surface area (TPSA) is 115 Å². The summed E-state index contributed by atoms with van der Waals surface area (Å²) < 4.78 is 15.6. The lowest BCUT2D eigenvalue weighted by molar-refractivity contribution is -0.113. The maximum Gasteiger partial charge on any atom is 0.255 e. The standard InChI is InChI=1S/C28H24FN7O2S3/c1-17-4-3-5-20(14-17)25(38)30-22-12-8-19(9-13-22)24-32-34-27(36(24)2)39-16-23(37)31-26-33-35-28(41-26)40-15-18-6-10-21(29)11-7-18/h3-14H,15-16H2,1-2H3,(H,30,38)(H,31,33,37). The summed E-state index contributed by atoms with van der Waals surface area (Å²) in [7, 11) is 1.83. The number of hydrogen-bond acceptors (Lipinski definition) is 9. The Labute approximate surface area is 248 Å². The van der Waals surface area contributed by atoms with Crippen molar-refractivity contribution in [1.29, 1.82) is 0 Å². The molecule has 0 bridgehead atoms. The van der Waals surface area contributed by atoms with Gasteiger partial charge in [0, 0.05) is 29.6 Å². The molecule has 0 saturated carbocycles. The third kappa shape index (κ3) is 7.57. The summed E-state index contributed by atoms with van der Waals surface area (Å²) in [4.78, 5) is 25.0. The van der Waals surface area contributed by atoms with Crippen molar-refractivity contribution in [2.75, 3.05) is 16.4 Å². The molecular weight excluding hydrogens is 582 g/mol. The van der Waals surface area contributed by atoms with Crippen molar-refractivity contribution in [2.45, 2.75) is 22.2 Å². The summed E-state index contributed by atoms with van der Waals surface area (Å²) in [6.07, 6.45) is 0. The van der Waals surface area contributed by atoms with E-state index in [1.165, 1.54) is 47.0 Å². The van der Waals surface area contributed by atoms with Gasteiger partial charge in [-0.3, -0.25) is 14.9 Å². The van der Waals surface area contributed by atoms with E-state index in [9.17, 15) is 14.0 Å². The van der Waals surface area contributed by atoms with Crippen molar-refractivity contribution in [2.24, 2.45) is 7.05 Å². The fourth-order valence-corrected chi connectivity index (χ4v) is 6.15. The third-order valence-electron chi connectivity index (χ3n) is 5.78. The smallest absolute Gasteiger partial charge is 0.255 e. The fourth-order valence-electron chi connectivity index (χ4n) is 3.71. The first-order valence-electron chi connectivity index (χ1n) is 12.4. The van der Waals surface area contributed by atoms with E-state index in [1.807, 2.05) is 61.0 Å². The van der Waals surface area contributed by atoms with Crippen LogP contribution in [0.1, 0.15) is 21.5 Å². The molecule has 0 spiro atoms. The van der Waals surface area contributed by atoms with E-state index in [0.717, 1.165) is 16.7 Å². The summed E-state index contributed by atoms with van der Waals surface area (Å²) in [5.41, 5.74) is 4.08. The Hall–Kier alpha value is -4.07. The second kappa shape index (κ2) is 13.1. The maximum atomic E-state index is 13.1. The Balaban J connectivity index is 1.12. The molecule has 208 valence electrons. The lowest BCUT2D eigenvalue weighted by Crippen LogP contribution is -2.14. The van der Waals surface area contributed by atoms with Gasteiger partial charge < -0.3 is 9.88 Å². The van der Waals surface area contributed by atoms with Gasteiger partial charge in [0.1, 0.15) is 5.82 Å². The molecule has 0 radical (unpaired) electrons. The van der Waals surface area contributed by atoms with E-state index in [1.54, 1.807) is 18.2 Å². The first-order chi connectivity index (χ1) is 19.8. The van der Waals surface area contributed by atoms with Crippen LogP contribution in [0.3, 0.4) is 0 Å². The van der Waals surface area contributed by atoms with Gasteiger partial charge in [0.05, 0.1) is 5.75 Å². The molecule has 0 atom stereocenters. The minimum Gasteiger partial charge on any atom is -0.322 e. The first kappa shape index (κ1) is 28.5. The normalized spacial score (nSPS) is 10.9. The molecular formula is C28H24FN7O2S3. The number of aryl methyl sites for hydroxylation is 1. The van der Waals surface area contributed by atoms with Crippen molar-refractivity contribution < 1.29 is 14.0 Å². The minimum atomic E-state index is -0.273. The largest absolute Gasteiger partial charge is 0.322 e. The second-order valence-corrected chi connectivity index (χ2v) is 12.0. The molecule has 0 aliphatic heterocycles. The van der Waals surface area contributed by atoms with E-state index in [-0.39, 0.29) is 23.4 Å². The lowest BCUT2D eigenvalue weighted by atomic mass is 10.1. The molecule has 9 nitrogen and oxygen atoms in total. The van der Waals surface area contributed by atoms with Crippen LogP contribution in [0.15, 0.2) is 82.3 Å². The third-order valence-corrected chi connectivity index (χ3v) is 8.84. The predicted molar refractivity (Wildman–Crippen MR) is 161 cm³/mol. The van der Waals surface area contributed by atoms with Crippen LogP contribution in [-0.4, -0.2) is 42.5 Å². The van der Waals surface area contributed by atoms with Gasteiger partial charge in [-0.2, -0.15) is 0 Å². The van der Waals surface area contributed by atoms with Gasteiger partial charge >= 0.3 is 0 Å². The van der Waals surface area contributed by atoms with Crippen molar-refractivity contribution in [3.8, 4) is 11.4 Å². The summed E-state index contributed by atoms with van der Waals surface area (Å²) >= 11 is 4.00. The van der Waals surface area contributed by atoms with Crippen LogP contribution in [0.4, 0.5) is 15.2 Å². The highest BCUT2D eigenvalue weighted by Crippen LogP contribution is 2.29. The Morgan fingerprint density at radius 1 is 0.927 bits per heavy atom. The number of nitrogens with zero attached hydrogens (tertiary/aromatic N) is 5. The Bertz CT molecular complexity index is 1670. The van der Waals surface area contributed by atoms with Crippen LogP contribution >= 0.6 is 34.9 Å².